The first-order valence-corrected chi connectivity index (χ1v) is 12.4. The summed E-state index contributed by atoms with van der Waals surface area (Å²) in [6.45, 7) is 5.62. The van der Waals surface area contributed by atoms with Gasteiger partial charge >= 0.3 is 6.09 Å². The van der Waals surface area contributed by atoms with Gasteiger partial charge in [0, 0.05) is 43.8 Å². The first-order chi connectivity index (χ1) is 17.1. The van der Waals surface area contributed by atoms with E-state index in [0.717, 1.165) is 37.1 Å². The number of carbonyl (C=O) groups excluding carboxylic acids is 2. The Morgan fingerprint density at radius 1 is 1.06 bits per heavy atom. The number of ether oxygens (including phenoxy) is 2. The van der Waals surface area contributed by atoms with E-state index in [1.165, 1.54) is 29.4 Å². The van der Waals surface area contributed by atoms with Crippen LogP contribution in [0.3, 0.4) is 0 Å². The number of benzene rings is 1. The Labute approximate surface area is 210 Å². The monoisotopic (exact) mass is 497 g/mol. The van der Waals surface area contributed by atoms with Crippen LogP contribution in [0.5, 0.6) is 11.6 Å². The van der Waals surface area contributed by atoms with Gasteiger partial charge in [-0.25, -0.2) is 19.2 Å². The van der Waals surface area contributed by atoms with Crippen LogP contribution in [0.2, 0.25) is 0 Å². The molecule has 0 aliphatic carbocycles. The number of nitrogens with zero attached hydrogens (tertiary/aromatic N) is 5. The van der Waals surface area contributed by atoms with Crippen LogP contribution in [0.4, 0.5) is 15.0 Å². The summed E-state index contributed by atoms with van der Waals surface area (Å²) in [6.07, 6.45) is 4.52. The SMILES string of the molecule is Cc1c(Oc2ccc(C(=O)N(C)C)cc2F)ncnc1N1C2CC3CC1CC(C2)N3C(=O)OC(C)C. The number of hydrogen-bond donors (Lipinski definition) is 0. The van der Waals surface area contributed by atoms with Crippen LogP contribution in [-0.2, 0) is 4.74 Å². The Bertz CT molecular complexity index is 1160. The number of hydrogen-bond acceptors (Lipinski definition) is 7. The molecular weight excluding hydrogens is 465 g/mol. The van der Waals surface area contributed by atoms with Crippen LogP contribution in [-0.4, -0.2) is 76.1 Å². The molecule has 192 valence electrons. The second kappa shape index (κ2) is 9.22. The third-order valence-corrected chi connectivity index (χ3v) is 7.34. The Hall–Kier alpha value is -3.43. The van der Waals surface area contributed by atoms with Gasteiger partial charge in [0.1, 0.15) is 12.1 Å². The predicted molar refractivity (Wildman–Crippen MR) is 131 cm³/mol. The molecule has 9 nitrogen and oxygen atoms in total. The number of anilines is 1. The first kappa shape index (κ1) is 24.3. The van der Waals surface area contributed by atoms with Gasteiger partial charge in [-0.3, -0.25) is 4.79 Å². The van der Waals surface area contributed by atoms with Crippen molar-refractivity contribution in [2.75, 3.05) is 19.0 Å². The highest BCUT2D eigenvalue weighted by molar-refractivity contribution is 5.94. The lowest BCUT2D eigenvalue weighted by Gasteiger charge is -2.61. The molecule has 0 unspecified atom stereocenters. The van der Waals surface area contributed by atoms with Crippen molar-refractivity contribution in [2.45, 2.75) is 76.7 Å². The van der Waals surface area contributed by atoms with Crippen molar-refractivity contribution < 1.29 is 23.5 Å². The number of halogens is 1. The topological polar surface area (TPSA) is 88.1 Å². The smallest absolute Gasteiger partial charge is 0.410 e. The molecule has 2 amide bonds. The average molecular weight is 498 g/mol. The molecule has 4 saturated heterocycles. The lowest BCUT2D eigenvalue weighted by molar-refractivity contribution is -0.0215. The second-order valence-electron chi connectivity index (χ2n) is 10.4. The fraction of sp³-hybridized carbons (Fsp3) is 0.538. The highest BCUT2D eigenvalue weighted by atomic mass is 19.1. The van der Waals surface area contributed by atoms with E-state index in [1.54, 1.807) is 14.1 Å². The standard InChI is InChI=1S/C26H32FN5O4/c1-14(2)35-26(34)32-19-9-17-10-20(32)12-18(11-19)31(17)23-15(3)24(29-13-28-23)36-22-7-6-16(8-21(22)27)25(33)30(4)5/h6-8,13-14,17-20H,9-12H2,1-5H3. The van der Waals surface area contributed by atoms with Crippen LogP contribution in [0.25, 0.3) is 0 Å². The maximum atomic E-state index is 14.8. The third kappa shape index (κ3) is 4.22. The molecule has 0 radical (unpaired) electrons. The number of amides is 2. The highest BCUT2D eigenvalue weighted by Gasteiger charge is 2.53. The Kier molecular flexibility index (Phi) is 6.22. The lowest BCUT2D eigenvalue weighted by Crippen LogP contribution is -2.70. The van der Waals surface area contributed by atoms with E-state index in [4.69, 9.17) is 9.47 Å². The first-order valence-electron chi connectivity index (χ1n) is 12.4. The van der Waals surface area contributed by atoms with E-state index in [9.17, 15) is 14.0 Å². The van der Waals surface area contributed by atoms with E-state index in [-0.39, 0.29) is 59.5 Å². The van der Waals surface area contributed by atoms with Gasteiger partial charge in [0.2, 0.25) is 5.88 Å². The van der Waals surface area contributed by atoms with Gasteiger partial charge in [-0.1, -0.05) is 0 Å². The van der Waals surface area contributed by atoms with Gasteiger partial charge in [0.05, 0.1) is 11.7 Å². The van der Waals surface area contributed by atoms with Gasteiger partial charge in [-0.05, 0) is 64.7 Å². The molecule has 4 aliphatic heterocycles. The van der Waals surface area contributed by atoms with Crippen molar-refractivity contribution in [3.05, 3.63) is 41.5 Å². The fourth-order valence-corrected chi connectivity index (χ4v) is 5.92. The van der Waals surface area contributed by atoms with Crippen LogP contribution < -0.4 is 9.64 Å². The predicted octanol–water partition coefficient (Wildman–Crippen LogP) is 4.15. The minimum atomic E-state index is -0.634. The van der Waals surface area contributed by atoms with Crippen LogP contribution in [0, 0.1) is 12.7 Å². The van der Waals surface area contributed by atoms with Gasteiger partial charge in [0.15, 0.2) is 11.6 Å². The molecule has 1 aromatic heterocycles. The maximum Gasteiger partial charge on any atom is 0.410 e. The molecule has 6 rings (SSSR count). The Morgan fingerprint density at radius 2 is 1.69 bits per heavy atom. The third-order valence-electron chi connectivity index (χ3n) is 7.34. The van der Waals surface area contributed by atoms with Gasteiger partial charge in [0.25, 0.3) is 5.91 Å². The number of piperidine rings is 4. The largest absolute Gasteiger partial charge is 0.447 e. The summed E-state index contributed by atoms with van der Waals surface area (Å²) in [6, 6.07) is 5.01. The van der Waals surface area contributed by atoms with Gasteiger partial charge in [-0.15, -0.1) is 0 Å². The van der Waals surface area contributed by atoms with Crippen molar-refractivity contribution in [3.8, 4) is 11.6 Å². The summed E-state index contributed by atoms with van der Waals surface area (Å²) >= 11 is 0. The minimum absolute atomic E-state index is 0.00237. The fourth-order valence-electron chi connectivity index (χ4n) is 5.92. The molecule has 10 heteroatoms. The normalized spacial score (nSPS) is 24.3. The van der Waals surface area contributed by atoms with E-state index < -0.39 is 5.82 Å². The van der Waals surface area contributed by atoms with Crippen LogP contribution in [0.15, 0.2) is 24.5 Å². The summed E-state index contributed by atoms with van der Waals surface area (Å²) in [4.78, 5) is 39.4. The van der Waals surface area contributed by atoms with Crippen molar-refractivity contribution in [1.82, 2.24) is 19.8 Å². The van der Waals surface area contributed by atoms with Crippen LogP contribution in [0.1, 0.15) is 55.5 Å². The number of carbonyl (C=O) groups is 2. The molecule has 4 bridgehead atoms. The van der Waals surface area contributed by atoms with Crippen molar-refractivity contribution in [3.63, 3.8) is 0 Å². The molecule has 0 spiro atoms. The number of aromatic nitrogens is 2. The molecule has 0 saturated carbocycles. The van der Waals surface area contributed by atoms with E-state index in [0.29, 0.717) is 0 Å². The molecule has 0 N–H and O–H groups in total. The molecule has 2 aromatic rings. The summed E-state index contributed by atoms with van der Waals surface area (Å²) in [5.74, 6) is 0.140. The van der Waals surface area contributed by atoms with Crippen LogP contribution >= 0.6 is 0 Å². The number of rotatable bonds is 5. The molecule has 1 aromatic carbocycles. The zero-order valence-corrected chi connectivity index (χ0v) is 21.3. The van der Waals surface area contributed by atoms with Crippen molar-refractivity contribution in [1.29, 1.82) is 0 Å². The molecular formula is C26H32FN5O4. The maximum absolute atomic E-state index is 14.8. The summed E-state index contributed by atoms with van der Waals surface area (Å²) in [5.41, 5.74) is 0.977. The van der Waals surface area contributed by atoms with E-state index in [1.807, 2.05) is 25.7 Å². The summed E-state index contributed by atoms with van der Waals surface area (Å²) in [5, 5.41) is 0. The zero-order valence-electron chi connectivity index (χ0n) is 21.3. The average Bonchev–Trinajstić information content (AvgIpc) is 2.80. The minimum Gasteiger partial charge on any atom is -0.447 e. The molecule has 36 heavy (non-hydrogen) atoms. The highest BCUT2D eigenvalue weighted by Crippen LogP contribution is 2.47. The van der Waals surface area contributed by atoms with Crippen molar-refractivity contribution in [2.24, 2.45) is 0 Å². The van der Waals surface area contributed by atoms with E-state index in [2.05, 4.69) is 14.9 Å². The summed E-state index contributed by atoms with van der Waals surface area (Å²) in [7, 11) is 3.23. The molecule has 4 aliphatic rings. The van der Waals surface area contributed by atoms with Crippen molar-refractivity contribution >= 4 is 17.8 Å². The summed E-state index contributed by atoms with van der Waals surface area (Å²) < 4.78 is 26.1. The quantitative estimate of drug-likeness (QED) is 0.613. The molecule has 4 fully saturated rings. The van der Waals surface area contributed by atoms with Gasteiger partial charge in [-0.2, -0.15) is 0 Å². The van der Waals surface area contributed by atoms with Gasteiger partial charge < -0.3 is 24.2 Å². The zero-order chi connectivity index (χ0) is 25.7. The lowest BCUT2D eigenvalue weighted by atomic mass is 9.73. The Morgan fingerprint density at radius 3 is 2.25 bits per heavy atom. The molecule has 0 atom stereocenters. The Balaban J connectivity index is 1.35. The molecule has 5 heterocycles. The second-order valence-corrected chi connectivity index (χ2v) is 10.4. The van der Waals surface area contributed by atoms with E-state index >= 15 is 0 Å².